The SMILES string of the molecule is CCCCC1CCC(C(=O)c2cc(Cl)ccc2Cl)CC1. The lowest BCUT2D eigenvalue weighted by atomic mass is 9.77. The van der Waals surface area contributed by atoms with Crippen molar-refractivity contribution in [3.05, 3.63) is 33.8 Å². The Labute approximate surface area is 131 Å². The van der Waals surface area contributed by atoms with Gasteiger partial charge in [0.1, 0.15) is 0 Å². The van der Waals surface area contributed by atoms with E-state index in [9.17, 15) is 4.79 Å². The number of unbranched alkanes of at least 4 members (excludes halogenated alkanes) is 1. The van der Waals surface area contributed by atoms with Gasteiger partial charge in [0.15, 0.2) is 5.78 Å². The normalized spacial score (nSPS) is 22.8. The molecule has 0 atom stereocenters. The molecular formula is C17H22Cl2O. The Kier molecular flexibility index (Phi) is 5.92. The number of carbonyl (C=O) groups excluding carboxylic acids is 1. The van der Waals surface area contributed by atoms with Gasteiger partial charge in [-0.2, -0.15) is 0 Å². The van der Waals surface area contributed by atoms with Gasteiger partial charge in [0.05, 0.1) is 5.02 Å². The Morgan fingerprint density at radius 1 is 1.20 bits per heavy atom. The first-order chi connectivity index (χ1) is 9.61. The number of halogens is 2. The van der Waals surface area contributed by atoms with Crippen molar-refractivity contribution >= 4 is 29.0 Å². The van der Waals surface area contributed by atoms with E-state index in [0.717, 1.165) is 18.8 Å². The maximum Gasteiger partial charge on any atom is 0.167 e. The molecule has 0 bridgehead atoms. The third kappa shape index (κ3) is 3.99. The van der Waals surface area contributed by atoms with Gasteiger partial charge in [-0.1, -0.05) is 49.4 Å². The van der Waals surface area contributed by atoms with Gasteiger partial charge in [0.25, 0.3) is 0 Å². The monoisotopic (exact) mass is 312 g/mol. The molecule has 0 spiro atoms. The van der Waals surface area contributed by atoms with E-state index in [-0.39, 0.29) is 11.7 Å². The van der Waals surface area contributed by atoms with E-state index < -0.39 is 0 Å². The lowest BCUT2D eigenvalue weighted by Gasteiger charge is -2.27. The highest BCUT2D eigenvalue weighted by Gasteiger charge is 2.27. The summed E-state index contributed by atoms with van der Waals surface area (Å²) in [7, 11) is 0. The highest BCUT2D eigenvalue weighted by Crippen LogP contribution is 2.35. The number of carbonyl (C=O) groups is 1. The highest BCUT2D eigenvalue weighted by atomic mass is 35.5. The molecule has 2 rings (SSSR count). The molecule has 3 heteroatoms. The van der Waals surface area contributed by atoms with Crippen LogP contribution in [-0.2, 0) is 0 Å². The molecule has 0 radical (unpaired) electrons. The van der Waals surface area contributed by atoms with Crippen molar-refractivity contribution < 1.29 is 4.79 Å². The Balaban J connectivity index is 1.96. The molecule has 1 nitrogen and oxygen atoms in total. The van der Waals surface area contributed by atoms with Gasteiger partial charge < -0.3 is 0 Å². The van der Waals surface area contributed by atoms with Crippen LogP contribution in [0.25, 0.3) is 0 Å². The molecule has 0 N–H and O–H groups in total. The summed E-state index contributed by atoms with van der Waals surface area (Å²) in [6.45, 7) is 2.23. The third-order valence-corrected chi connectivity index (χ3v) is 4.94. The van der Waals surface area contributed by atoms with Crippen LogP contribution in [-0.4, -0.2) is 5.78 Å². The summed E-state index contributed by atoms with van der Waals surface area (Å²) >= 11 is 12.1. The van der Waals surface area contributed by atoms with Crippen molar-refractivity contribution in [2.45, 2.75) is 51.9 Å². The fourth-order valence-electron chi connectivity index (χ4n) is 3.11. The molecule has 1 aliphatic rings. The molecule has 1 fully saturated rings. The molecule has 20 heavy (non-hydrogen) atoms. The fraction of sp³-hybridized carbons (Fsp3) is 0.588. The second-order valence-corrected chi connectivity index (χ2v) is 6.69. The zero-order chi connectivity index (χ0) is 14.5. The molecule has 0 unspecified atom stereocenters. The summed E-state index contributed by atoms with van der Waals surface area (Å²) < 4.78 is 0. The van der Waals surface area contributed by atoms with Gasteiger partial charge in [-0.05, 0) is 49.8 Å². The van der Waals surface area contributed by atoms with Crippen molar-refractivity contribution in [1.29, 1.82) is 0 Å². The minimum Gasteiger partial charge on any atom is -0.294 e. The maximum absolute atomic E-state index is 12.6. The van der Waals surface area contributed by atoms with E-state index in [1.807, 2.05) is 0 Å². The van der Waals surface area contributed by atoms with Gasteiger partial charge in [0, 0.05) is 16.5 Å². The van der Waals surface area contributed by atoms with Gasteiger partial charge in [-0.25, -0.2) is 0 Å². The molecule has 0 aromatic heterocycles. The molecule has 0 saturated heterocycles. The van der Waals surface area contributed by atoms with Crippen molar-refractivity contribution in [3.8, 4) is 0 Å². The minimum atomic E-state index is 0.129. The number of benzene rings is 1. The summed E-state index contributed by atoms with van der Waals surface area (Å²) in [5.74, 6) is 1.11. The Morgan fingerprint density at radius 3 is 2.55 bits per heavy atom. The molecule has 1 saturated carbocycles. The largest absolute Gasteiger partial charge is 0.294 e. The van der Waals surface area contributed by atoms with E-state index in [1.165, 1.54) is 32.1 Å². The Morgan fingerprint density at radius 2 is 1.90 bits per heavy atom. The van der Waals surface area contributed by atoms with Crippen LogP contribution in [0, 0.1) is 11.8 Å². The molecule has 1 aromatic carbocycles. The predicted octanol–water partition coefficient (Wildman–Crippen LogP) is 6.17. The number of Topliss-reactive ketones (excluding diaryl/α,β-unsaturated/α-hetero) is 1. The van der Waals surface area contributed by atoms with E-state index in [1.54, 1.807) is 18.2 Å². The van der Waals surface area contributed by atoms with Crippen LogP contribution >= 0.6 is 23.2 Å². The first-order valence-electron chi connectivity index (χ1n) is 7.61. The van der Waals surface area contributed by atoms with E-state index in [2.05, 4.69) is 6.92 Å². The smallest absolute Gasteiger partial charge is 0.167 e. The molecule has 1 aliphatic carbocycles. The Bertz CT molecular complexity index is 462. The van der Waals surface area contributed by atoms with Crippen LogP contribution in [0.2, 0.25) is 10.0 Å². The number of hydrogen-bond acceptors (Lipinski definition) is 1. The lowest BCUT2D eigenvalue weighted by molar-refractivity contribution is 0.0869. The summed E-state index contributed by atoms with van der Waals surface area (Å²) in [5, 5.41) is 1.10. The maximum atomic E-state index is 12.6. The predicted molar refractivity (Wildman–Crippen MR) is 85.8 cm³/mol. The van der Waals surface area contributed by atoms with Crippen molar-refractivity contribution in [1.82, 2.24) is 0 Å². The number of hydrogen-bond donors (Lipinski definition) is 0. The second kappa shape index (κ2) is 7.47. The third-order valence-electron chi connectivity index (χ3n) is 4.38. The highest BCUT2D eigenvalue weighted by molar-refractivity contribution is 6.36. The van der Waals surface area contributed by atoms with Crippen LogP contribution < -0.4 is 0 Å². The topological polar surface area (TPSA) is 17.1 Å². The van der Waals surface area contributed by atoms with Crippen molar-refractivity contribution in [2.75, 3.05) is 0 Å². The number of ketones is 1. The molecule has 0 amide bonds. The molecule has 1 aromatic rings. The van der Waals surface area contributed by atoms with Gasteiger partial charge >= 0.3 is 0 Å². The summed E-state index contributed by atoms with van der Waals surface area (Å²) in [4.78, 5) is 12.6. The first-order valence-corrected chi connectivity index (χ1v) is 8.36. The standard InChI is InChI=1S/C17H22Cl2O/c1-2-3-4-12-5-7-13(8-6-12)17(20)15-11-14(18)9-10-16(15)19/h9-13H,2-8H2,1H3. The first kappa shape index (κ1) is 15.9. The molecule has 0 aliphatic heterocycles. The van der Waals surface area contributed by atoms with Crippen molar-refractivity contribution in [2.24, 2.45) is 11.8 Å². The van der Waals surface area contributed by atoms with Gasteiger partial charge in [-0.15, -0.1) is 0 Å². The fourth-order valence-corrected chi connectivity index (χ4v) is 3.50. The minimum absolute atomic E-state index is 0.129. The summed E-state index contributed by atoms with van der Waals surface area (Å²) in [6, 6.07) is 5.14. The average Bonchev–Trinajstić information content (AvgIpc) is 2.47. The number of rotatable bonds is 5. The van der Waals surface area contributed by atoms with Crippen LogP contribution in [0.4, 0.5) is 0 Å². The second-order valence-electron chi connectivity index (χ2n) is 5.85. The quantitative estimate of drug-likeness (QED) is 0.594. The molecular weight excluding hydrogens is 291 g/mol. The zero-order valence-electron chi connectivity index (χ0n) is 12.0. The van der Waals surface area contributed by atoms with E-state index in [0.29, 0.717) is 15.6 Å². The Hall–Kier alpha value is -0.530. The zero-order valence-corrected chi connectivity index (χ0v) is 13.5. The van der Waals surface area contributed by atoms with E-state index in [4.69, 9.17) is 23.2 Å². The van der Waals surface area contributed by atoms with Crippen LogP contribution in [0.1, 0.15) is 62.2 Å². The van der Waals surface area contributed by atoms with Crippen LogP contribution in [0.3, 0.4) is 0 Å². The summed E-state index contributed by atoms with van der Waals surface area (Å²) in [5.41, 5.74) is 0.594. The van der Waals surface area contributed by atoms with Crippen LogP contribution in [0.15, 0.2) is 18.2 Å². The lowest BCUT2D eigenvalue weighted by Crippen LogP contribution is -2.22. The van der Waals surface area contributed by atoms with Crippen molar-refractivity contribution in [3.63, 3.8) is 0 Å². The van der Waals surface area contributed by atoms with Gasteiger partial charge in [-0.3, -0.25) is 4.79 Å². The van der Waals surface area contributed by atoms with Gasteiger partial charge in [0.2, 0.25) is 0 Å². The molecule has 0 heterocycles. The summed E-state index contributed by atoms with van der Waals surface area (Å²) in [6.07, 6.45) is 8.23. The van der Waals surface area contributed by atoms with Crippen LogP contribution in [0.5, 0.6) is 0 Å². The molecule has 110 valence electrons. The average molecular weight is 313 g/mol. The van der Waals surface area contributed by atoms with E-state index >= 15 is 0 Å².